The number of nitrogens with zero attached hydrogens (tertiary/aromatic N) is 4. The number of aliphatic hydroxyl groups excluding tert-OH is 2. The third-order valence-electron chi connectivity index (χ3n) is 6.56. The highest BCUT2D eigenvalue weighted by Gasteiger charge is 2.18. The molecule has 0 fully saturated rings. The highest BCUT2D eigenvalue weighted by molar-refractivity contribution is 6.31. The van der Waals surface area contributed by atoms with Gasteiger partial charge in [0.25, 0.3) is 0 Å². The van der Waals surface area contributed by atoms with Crippen molar-refractivity contribution < 1.29 is 19.7 Å². The SMILES string of the molecule is CCO.CCO.COc1ccc([C@@H]2N=C(N)NC(Nc3ccc(Cl)cc3)=N2)cc1.COc1ccc([C@H]2N=C(N)NC(Nc3ccc(Cl)cc3)=N2)cc1. The molecule has 2 aliphatic rings. The fraction of sp³-hybridized carbons (Fsp3) is 0.222. The quantitative estimate of drug-likeness (QED) is 0.125. The zero-order chi connectivity index (χ0) is 37.9. The number of rotatable bonds is 6. The monoisotopic (exact) mass is 750 g/mol. The van der Waals surface area contributed by atoms with Crippen molar-refractivity contribution in [2.75, 3.05) is 38.1 Å². The van der Waals surface area contributed by atoms with E-state index in [1.807, 2.05) is 72.8 Å². The summed E-state index contributed by atoms with van der Waals surface area (Å²) in [5.74, 6) is 3.22. The molecule has 2 atom stereocenters. The molecule has 0 radical (unpaired) electrons. The Morgan fingerprint density at radius 2 is 0.885 bits per heavy atom. The van der Waals surface area contributed by atoms with E-state index >= 15 is 0 Å². The van der Waals surface area contributed by atoms with E-state index < -0.39 is 12.3 Å². The lowest BCUT2D eigenvalue weighted by atomic mass is 10.1. The fourth-order valence-electron chi connectivity index (χ4n) is 4.25. The molecule has 52 heavy (non-hydrogen) atoms. The van der Waals surface area contributed by atoms with Gasteiger partial charge < -0.3 is 41.8 Å². The molecule has 0 aromatic heterocycles. The lowest BCUT2D eigenvalue weighted by Gasteiger charge is -2.20. The summed E-state index contributed by atoms with van der Waals surface area (Å²) in [5.41, 5.74) is 15.3. The number of methoxy groups -OCH3 is 2. The molecule has 0 saturated heterocycles. The first-order valence-electron chi connectivity index (χ1n) is 16.0. The largest absolute Gasteiger partial charge is 0.497 e. The molecule has 6 rings (SSSR count). The van der Waals surface area contributed by atoms with Crippen LogP contribution in [0.5, 0.6) is 11.5 Å². The average Bonchev–Trinajstić information content (AvgIpc) is 3.14. The minimum Gasteiger partial charge on any atom is -0.497 e. The van der Waals surface area contributed by atoms with Crippen LogP contribution in [0.25, 0.3) is 0 Å². The Morgan fingerprint density at radius 3 is 1.17 bits per heavy atom. The van der Waals surface area contributed by atoms with Gasteiger partial charge in [0.05, 0.1) is 14.2 Å². The highest BCUT2D eigenvalue weighted by atomic mass is 35.5. The van der Waals surface area contributed by atoms with Crippen LogP contribution in [0.3, 0.4) is 0 Å². The van der Waals surface area contributed by atoms with Crippen molar-refractivity contribution >= 4 is 58.4 Å². The molecule has 10 N–H and O–H groups in total. The molecule has 0 saturated carbocycles. The van der Waals surface area contributed by atoms with E-state index in [4.69, 9.17) is 54.4 Å². The molecule has 0 spiro atoms. The zero-order valence-corrected chi connectivity index (χ0v) is 30.7. The Kier molecular flexibility index (Phi) is 17.0. The number of nitrogens with one attached hydrogen (secondary N) is 4. The third-order valence-corrected chi connectivity index (χ3v) is 7.06. The van der Waals surface area contributed by atoms with Crippen molar-refractivity contribution in [1.82, 2.24) is 10.6 Å². The van der Waals surface area contributed by atoms with Crippen molar-refractivity contribution in [2.24, 2.45) is 31.4 Å². The van der Waals surface area contributed by atoms with E-state index in [-0.39, 0.29) is 13.2 Å². The molecule has 0 unspecified atom stereocenters. The number of aliphatic hydroxyl groups is 2. The minimum absolute atomic E-state index is 0.250. The van der Waals surface area contributed by atoms with Crippen molar-refractivity contribution in [3.8, 4) is 11.5 Å². The number of hydrogen-bond acceptors (Lipinski definition) is 14. The molecule has 2 aliphatic heterocycles. The van der Waals surface area contributed by atoms with E-state index in [0.717, 1.165) is 34.0 Å². The van der Waals surface area contributed by atoms with Crippen molar-refractivity contribution in [2.45, 2.75) is 26.2 Å². The summed E-state index contributed by atoms with van der Waals surface area (Å²) >= 11 is 11.8. The molecule has 0 amide bonds. The molecule has 4 aromatic carbocycles. The zero-order valence-electron chi connectivity index (χ0n) is 29.2. The Bertz CT molecular complexity index is 1650. The Hall–Kier alpha value is -5.54. The number of anilines is 2. The van der Waals surface area contributed by atoms with Gasteiger partial charge in [-0.05, 0) is 97.8 Å². The molecule has 16 heteroatoms. The van der Waals surface area contributed by atoms with E-state index in [2.05, 4.69) is 41.2 Å². The van der Waals surface area contributed by atoms with Gasteiger partial charge in [-0.25, -0.2) is 20.0 Å². The van der Waals surface area contributed by atoms with E-state index in [1.54, 1.807) is 52.3 Å². The number of halogens is 2. The first-order chi connectivity index (χ1) is 25.1. The molecule has 0 bridgehead atoms. The average molecular weight is 752 g/mol. The number of nitrogens with two attached hydrogens (primary N) is 2. The first kappa shape index (κ1) is 40.9. The van der Waals surface area contributed by atoms with Crippen LogP contribution in [0.15, 0.2) is 117 Å². The van der Waals surface area contributed by atoms with E-state index in [1.165, 1.54) is 0 Å². The molecule has 2 heterocycles. The van der Waals surface area contributed by atoms with Crippen molar-refractivity contribution in [1.29, 1.82) is 0 Å². The lowest BCUT2D eigenvalue weighted by Crippen LogP contribution is -2.43. The smallest absolute Gasteiger partial charge is 0.205 e. The van der Waals surface area contributed by atoms with Gasteiger partial charge in [0.2, 0.25) is 11.9 Å². The van der Waals surface area contributed by atoms with Crippen LogP contribution in [0.4, 0.5) is 11.4 Å². The van der Waals surface area contributed by atoms with Crippen LogP contribution < -0.4 is 42.2 Å². The maximum Gasteiger partial charge on any atom is 0.205 e. The topological polar surface area (TPSA) is 209 Å². The van der Waals surface area contributed by atoms with Crippen LogP contribution in [-0.2, 0) is 0 Å². The summed E-state index contributed by atoms with van der Waals surface area (Å²) < 4.78 is 10.3. The number of guanidine groups is 4. The first-order valence-corrected chi connectivity index (χ1v) is 16.8. The molecular formula is C36H44Cl2N10O4. The predicted octanol–water partition coefficient (Wildman–Crippen LogP) is 5.46. The number of benzene rings is 4. The van der Waals surface area contributed by atoms with Crippen LogP contribution in [0.2, 0.25) is 10.0 Å². The van der Waals surface area contributed by atoms with Crippen LogP contribution >= 0.6 is 23.2 Å². The summed E-state index contributed by atoms with van der Waals surface area (Å²) in [5, 5.41) is 28.6. The molecule has 4 aromatic rings. The van der Waals surface area contributed by atoms with Crippen molar-refractivity contribution in [3.05, 3.63) is 118 Å². The number of hydrogen-bond donors (Lipinski definition) is 8. The maximum absolute atomic E-state index is 7.57. The van der Waals surface area contributed by atoms with Gasteiger partial charge in [0.1, 0.15) is 11.5 Å². The summed E-state index contributed by atoms with van der Waals surface area (Å²) in [6, 6.07) is 29.7. The number of aliphatic imine (C=N–C) groups is 4. The van der Waals surface area contributed by atoms with Gasteiger partial charge in [0.15, 0.2) is 24.3 Å². The second-order valence-corrected chi connectivity index (χ2v) is 11.3. The predicted molar refractivity (Wildman–Crippen MR) is 212 cm³/mol. The van der Waals surface area contributed by atoms with Crippen molar-refractivity contribution in [3.63, 3.8) is 0 Å². The Labute approximate surface area is 313 Å². The summed E-state index contributed by atoms with van der Waals surface area (Å²) in [4.78, 5) is 17.7. The maximum atomic E-state index is 7.57. The summed E-state index contributed by atoms with van der Waals surface area (Å²) in [7, 11) is 3.25. The second-order valence-electron chi connectivity index (χ2n) is 10.4. The van der Waals surface area contributed by atoms with Crippen LogP contribution in [0, 0.1) is 0 Å². The molecular weight excluding hydrogens is 707 g/mol. The van der Waals surface area contributed by atoms with Crippen LogP contribution in [0.1, 0.15) is 37.3 Å². The summed E-state index contributed by atoms with van der Waals surface area (Å²) in [6.07, 6.45) is -0.811. The van der Waals surface area contributed by atoms with Gasteiger partial charge in [-0.15, -0.1) is 0 Å². The van der Waals surface area contributed by atoms with E-state index in [0.29, 0.717) is 33.9 Å². The van der Waals surface area contributed by atoms with Crippen LogP contribution in [-0.4, -0.2) is 61.5 Å². The molecule has 14 nitrogen and oxygen atoms in total. The standard InChI is InChI=1S/2C16H16ClN5O.2C2H6O/c2*1-23-13-8-2-10(3-9-13)14-20-15(18)22-16(21-14)19-12-6-4-11(17)5-7-12;2*1-2-3/h2*2-9,14H,1H3,(H4,18,19,20,21,22);2*3H,2H2,1H3/t2*14-;;/m10../s1. The minimum atomic E-state index is -0.406. The fourth-order valence-corrected chi connectivity index (χ4v) is 4.51. The second kappa shape index (κ2) is 21.6. The Morgan fingerprint density at radius 1 is 0.577 bits per heavy atom. The Balaban J connectivity index is 0.000000244. The van der Waals surface area contributed by atoms with Gasteiger partial charge in [-0.1, -0.05) is 47.5 Å². The van der Waals surface area contributed by atoms with E-state index in [9.17, 15) is 0 Å². The lowest BCUT2D eigenvalue weighted by molar-refractivity contribution is 0.318. The number of ether oxygens (including phenoxy) is 2. The van der Waals surface area contributed by atoms with Gasteiger partial charge >= 0.3 is 0 Å². The van der Waals surface area contributed by atoms with Gasteiger partial charge in [-0.2, -0.15) is 0 Å². The van der Waals surface area contributed by atoms with Gasteiger partial charge in [0, 0.05) is 34.6 Å². The third kappa shape index (κ3) is 13.6. The highest BCUT2D eigenvalue weighted by Crippen LogP contribution is 2.25. The normalized spacial score (nSPS) is 15.6. The molecule has 276 valence electrons. The van der Waals surface area contributed by atoms with Gasteiger partial charge in [-0.3, -0.25) is 10.6 Å². The molecule has 0 aliphatic carbocycles. The summed E-state index contributed by atoms with van der Waals surface area (Å²) in [6.45, 7) is 3.86.